The van der Waals surface area contributed by atoms with Crippen molar-refractivity contribution in [2.45, 2.75) is 13.2 Å². The van der Waals surface area contributed by atoms with E-state index in [9.17, 15) is 9.59 Å². The van der Waals surface area contributed by atoms with E-state index >= 15 is 0 Å². The first kappa shape index (κ1) is 15.9. The van der Waals surface area contributed by atoms with Crippen LogP contribution < -0.4 is 5.69 Å². The van der Waals surface area contributed by atoms with Crippen LogP contribution >= 0.6 is 0 Å². The molecule has 0 aliphatic rings. The number of aromatic nitrogens is 4. The van der Waals surface area contributed by atoms with Gasteiger partial charge in [0, 0.05) is 11.8 Å². The number of H-pyrrole nitrogens is 2. The Bertz CT molecular complexity index is 1110. The molecule has 7 nitrogen and oxygen atoms in total. The summed E-state index contributed by atoms with van der Waals surface area (Å²) in [5, 5.41) is 4.29. The predicted molar refractivity (Wildman–Crippen MR) is 95.8 cm³/mol. The van der Waals surface area contributed by atoms with Crippen molar-refractivity contribution in [3.63, 3.8) is 0 Å². The monoisotopic (exact) mass is 348 g/mol. The maximum absolute atomic E-state index is 12.2. The summed E-state index contributed by atoms with van der Waals surface area (Å²) in [7, 11) is 0. The van der Waals surface area contributed by atoms with E-state index in [1.165, 1.54) is 0 Å². The van der Waals surface area contributed by atoms with E-state index in [-0.39, 0.29) is 12.3 Å². The minimum atomic E-state index is -0.454. The molecule has 4 rings (SSSR count). The van der Waals surface area contributed by atoms with E-state index in [1.54, 1.807) is 29.1 Å². The Morgan fingerprint density at radius 1 is 1.04 bits per heavy atom. The Hall–Kier alpha value is -3.61. The number of hydrogen-bond donors (Lipinski definition) is 2. The lowest BCUT2D eigenvalue weighted by Gasteiger charge is -2.03. The number of nitrogens with zero attached hydrogens (tertiary/aromatic N) is 2. The molecule has 0 spiro atoms. The van der Waals surface area contributed by atoms with E-state index in [0.29, 0.717) is 23.1 Å². The van der Waals surface area contributed by atoms with E-state index in [2.05, 4.69) is 15.1 Å². The van der Waals surface area contributed by atoms with Crippen molar-refractivity contribution in [1.82, 2.24) is 19.7 Å². The summed E-state index contributed by atoms with van der Waals surface area (Å²) in [6, 6.07) is 14.9. The SMILES string of the molecule is O=C(OCc1cnn(Cc2ccccc2)c1)c1ccc2[nH]c(=O)[nH]c2c1. The fraction of sp³-hybridized carbons (Fsp3) is 0.105. The Morgan fingerprint density at radius 2 is 1.85 bits per heavy atom. The minimum Gasteiger partial charge on any atom is -0.457 e. The van der Waals surface area contributed by atoms with Crippen molar-refractivity contribution >= 4 is 17.0 Å². The van der Waals surface area contributed by atoms with Crippen molar-refractivity contribution in [2.24, 2.45) is 0 Å². The highest BCUT2D eigenvalue weighted by Crippen LogP contribution is 2.12. The topological polar surface area (TPSA) is 92.8 Å². The number of nitrogens with one attached hydrogen (secondary N) is 2. The molecule has 0 saturated carbocycles. The molecule has 7 heteroatoms. The predicted octanol–water partition coefficient (Wildman–Crippen LogP) is 2.46. The lowest BCUT2D eigenvalue weighted by atomic mass is 10.2. The van der Waals surface area contributed by atoms with Gasteiger partial charge in [-0.3, -0.25) is 4.68 Å². The molecule has 0 bridgehead atoms. The van der Waals surface area contributed by atoms with E-state index < -0.39 is 5.97 Å². The molecule has 0 aliphatic carbocycles. The summed E-state index contributed by atoms with van der Waals surface area (Å²) in [4.78, 5) is 28.7. The molecule has 2 heterocycles. The second kappa shape index (κ2) is 6.72. The molecule has 0 unspecified atom stereocenters. The van der Waals surface area contributed by atoms with Gasteiger partial charge >= 0.3 is 11.7 Å². The maximum Gasteiger partial charge on any atom is 0.338 e. The lowest BCUT2D eigenvalue weighted by Crippen LogP contribution is -2.05. The molecule has 4 aromatic rings. The van der Waals surface area contributed by atoms with Crippen LogP contribution in [0.25, 0.3) is 11.0 Å². The van der Waals surface area contributed by atoms with Crippen LogP contribution in [-0.2, 0) is 17.9 Å². The summed E-state index contributed by atoms with van der Waals surface area (Å²) in [5.74, 6) is -0.454. The van der Waals surface area contributed by atoms with Crippen LogP contribution in [-0.4, -0.2) is 25.7 Å². The molecule has 0 fully saturated rings. The third-order valence-corrected chi connectivity index (χ3v) is 4.00. The molecule has 130 valence electrons. The molecule has 0 saturated heterocycles. The van der Waals surface area contributed by atoms with Gasteiger partial charge in [0.05, 0.1) is 29.3 Å². The smallest absolute Gasteiger partial charge is 0.338 e. The normalized spacial score (nSPS) is 10.9. The van der Waals surface area contributed by atoms with Gasteiger partial charge in [0.15, 0.2) is 0 Å². The number of esters is 1. The third kappa shape index (κ3) is 3.41. The van der Waals surface area contributed by atoms with Gasteiger partial charge in [0.25, 0.3) is 0 Å². The number of carbonyl (C=O) groups is 1. The van der Waals surface area contributed by atoms with Crippen molar-refractivity contribution in [1.29, 1.82) is 0 Å². The van der Waals surface area contributed by atoms with Crippen molar-refractivity contribution in [3.8, 4) is 0 Å². The number of hydrogen-bond acceptors (Lipinski definition) is 4. The Balaban J connectivity index is 1.40. The molecule has 0 radical (unpaired) electrons. The summed E-state index contributed by atoms with van der Waals surface area (Å²) < 4.78 is 7.14. The Kier molecular flexibility index (Phi) is 4.10. The molecular formula is C19H16N4O3. The number of aromatic amines is 2. The summed E-state index contributed by atoms with van der Waals surface area (Å²) >= 11 is 0. The molecule has 2 aromatic heterocycles. The van der Waals surface area contributed by atoms with Crippen molar-refractivity contribution in [2.75, 3.05) is 0 Å². The Labute approximate surface area is 148 Å². The first-order valence-corrected chi connectivity index (χ1v) is 8.12. The van der Waals surface area contributed by atoms with Crippen molar-refractivity contribution < 1.29 is 9.53 Å². The molecule has 0 atom stereocenters. The third-order valence-electron chi connectivity index (χ3n) is 4.00. The summed E-state index contributed by atoms with van der Waals surface area (Å²) in [5.41, 5.74) is 3.24. The van der Waals surface area contributed by atoms with Crippen LogP contribution in [0.3, 0.4) is 0 Å². The molecule has 0 aliphatic heterocycles. The Morgan fingerprint density at radius 3 is 2.69 bits per heavy atom. The standard InChI is InChI=1S/C19H16N4O3/c24-18(15-6-7-16-17(8-15)22-19(25)21-16)26-12-14-9-20-23(11-14)10-13-4-2-1-3-5-13/h1-9,11H,10,12H2,(H2,21,22,25). The average molecular weight is 348 g/mol. The molecule has 2 N–H and O–H groups in total. The number of rotatable bonds is 5. The van der Waals surface area contributed by atoms with Gasteiger partial charge in [0.1, 0.15) is 6.61 Å². The van der Waals surface area contributed by atoms with Gasteiger partial charge in [-0.2, -0.15) is 5.10 Å². The fourth-order valence-corrected chi connectivity index (χ4v) is 2.73. The zero-order valence-corrected chi connectivity index (χ0v) is 13.8. The fourth-order valence-electron chi connectivity index (χ4n) is 2.73. The first-order chi connectivity index (χ1) is 12.7. The van der Waals surface area contributed by atoms with Gasteiger partial charge < -0.3 is 14.7 Å². The zero-order valence-electron chi connectivity index (χ0n) is 13.8. The van der Waals surface area contributed by atoms with Crippen LogP contribution in [0.2, 0.25) is 0 Å². The number of imidazole rings is 1. The van der Waals surface area contributed by atoms with Gasteiger partial charge in [-0.1, -0.05) is 30.3 Å². The molecular weight excluding hydrogens is 332 g/mol. The van der Waals surface area contributed by atoms with Gasteiger partial charge in [0.2, 0.25) is 0 Å². The highest BCUT2D eigenvalue weighted by atomic mass is 16.5. The number of ether oxygens (including phenoxy) is 1. The largest absolute Gasteiger partial charge is 0.457 e. The second-order valence-corrected chi connectivity index (χ2v) is 5.95. The highest BCUT2D eigenvalue weighted by Gasteiger charge is 2.10. The second-order valence-electron chi connectivity index (χ2n) is 5.95. The highest BCUT2D eigenvalue weighted by molar-refractivity contribution is 5.93. The summed E-state index contributed by atoms with van der Waals surface area (Å²) in [6.07, 6.45) is 3.54. The van der Waals surface area contributed by atoms with Crippen LogP contribution in [0, 0.1) is 0 Å². The van der Waals surface area contributed by atoms with Gasteiger partial charge in [-0.15, -0.1) is 0 Å². The minimum absolute atomic E-state index is 0.134. The van der Waals surface area contributed by atoms with Crippen LogP contribution in [0.1, 0.15) is 21.5 Å². The first-order valence-electron chi connectivity index (χ1n) is 8.12. The van der Waals surface area contributed by atoms with Crippen LogP contribution in [0.15, 0.2) is 65.7 Å². The average Bonchev–Trinajstić information content (AvgIpc) is 3.25. The number of fused-ring (bicyclic) bond motifs is 1. The molecule has 26 heavy (non-hydrogen) atoms. The van der Waals surface area contributed by atoms with E-state index in [4.69, 9.17) is 4.74 Å². The molecule has 2 aromatic carbocycles. The zero-order chi connectivity index (χ0) is 17.9. The van der Waals surface area contributed by atoms with Gasteiger partial charge in [-0.05, 0) is 23.8 Å². The van der Waals surface area contributed by atoms with Crippen LogP contribution in [0.4, 0.5) is 0 Å². The summed E-state index contributed by atoms with van der Waals surface area (Å²) in [6.45, 7) is 0.793. The quantitative estimate of drug-likeness (QED) is 0.542. The van der Waals surface area contributed by atoms with E-state index in [1.807, 2.05) is 36.5 Å². The number of carbonyl (C=O) groups excluding carboxylic acids is 1. The van der Waals surface area contributed by atoms with Gasteiger partial charge in [-0.25, -0.2) is 9.59 Å². The maximum atomic E-state index is 12.2. The van der Waals surface area contributed by atoms with E-state index in [0.717, 1.165) is 11.1 Å². The van der Waals surface area contributed by atoms with Crippen LogP contribution in [0.5, 0.6) is 0 Å². The molecule has 0 amide bonds. The van der Waals surface area contributed by atoms with Crippen molar-refractivity contribution in [3.05, 3.63) is 88.1 Å². The number of benzene rings is 2. The lowest BCUT2D eigenvalue weighted by molar-refractivity contribution is 0.0473.